The number of aromatic nitrogens is 2. The van der Waals surface area contributed by atoms with Gasteiger partial charge in [-0.1, -0.05) is 6.08 Å². The molecule has 170 valence electrons. The molecule has 2 aliphatic rings. The van der Waals surface area contributed by atoms with Crippen LogP contribution in [0.2, 0.25) is 0 Å². The number of hydrogen-bond donors (Lipinski definition) is 2. The normalized spacial score (nSPS) is 18.3. The average Bonchev–Trinajstić information content (AvgIpc) is 3.51. The van der Waals surface area contributed by atoms with Gasteiger partial charge >= 0.3 is 0 Å². The summed E-state index contributed by atoms with van der Waals surface area (Å²) < 4.78 is 5.25. The van der Waals surface area contributed by atoms with Gasteiger partial charge in [0.15, 0.2) is 0 Å². The molecule has 1 saturated carbocycles. The first kappa shape index (κ1) is 22.1. The Balaban J connectivity index is 1.58. The zero-order valence-corrected chi connectivity index (χ0v) is 18.7. The van der Waals surface area contributed by atoms with Crippen LogP contribution in [0, 0.1) is 5.92 Å². The molecule has 1 aliphatic carbocycles. The summed E-state index contributed by atoms with van der Waals surface area (Å²) in [7, 11) is 3.44. The molecular formula is C24H31N5O3. The average molecular weight is 438 g/mol. The number of likely N-dealkylation sites (N-methyl/N-ethyl adjacent to an activating group) is 1. The maximum atomic E-state index is 12.9. The molecule has 0 bridgehead atoms. The number of anilines is 1. The van der Waals surface area contributed by atoms with Gasteiger partial charge < -0.3 is 24.8 Å². The maximum absolute atomic E-state index is 12.9. The second-order valence-corrected chi connectivity index (χ2v) is 8.47. The Kier molecular flexibility index (Phi) is 6.90. The highest BCUT2D eigenvalue weighted by Crippen LogP contribution is 2.34. The lowest BCUT2D eigenvalue weighted by Crippen LogP contribution is -2.42. The topological polar surface area (TPSA) is 90.6 Å². The van der Waals surface area contributed by atoms with Crippen molar-refractivity contribution in [1.29, 1.82) is 0 Å². The van der Waals surface area contributed by atoms with Gasteiger partial charge in [-0.15, -0.1) is 0 Å². The van der Waals surface area contributed by atoms with Crippen LogP contribution in [0.1, 0.15) is 19.3 Å². The van der Waals surface area contributed by atoms with Crippen LogP contribution in [0.4, 0.5) is 5.69 Å². The second kappa shape index (κ2) is 9.99. The standard InChI is InChI=1S/C24H31N5O3/c1-25-9-3-4-23(30)28-11-8-20(16-28)29(15-17-5-6-17)21-12-19(14-27-24(21)31)18-7-10-26-22(13-18)32-2/h3-4,7,10,12-14,17,20,25H,5-6,8-9,11,15-16H2,1-2H3,(H,27,31). The molecule has 1 atom stereocenters. The molecule has 0 radical (unpaired) electrons. The number of carbonyl (C=O) groups excluding carboxylic acids is 1. The molecular weight excluding hydrogens is 406 g/mol. The van der Waals surface area contributed by atoms with E-state index in [1.54, 1.807) is 25.6 Å². The molecule has 1 amide bonds. The van der Waals surface area contributed by atoms with Crippen molar-refractivity contribution in [1.82, 2.24) is 20.2 Å². The van der Waals surface area contributed by atoms with Crippen molar-refractivity contribution in [3.63, 3.8) is 0 Å². The van der Waals surface area contributed by atoms with E-state index in [9.17, 15) is 9.59 Å². The van der Waals surface area contributed by atoms with Gasteiger partial charge in [-0.3, -0.25) is 9.59 Å². The minimum absolute atomic E-state index is 0.0284. The van der Waals surface area contributed by atoms with E-state index in [1.807, 2.05) is 36.2 Å². The fourth-order valence-electron chi connectivity index (χ4n) is 4.15. The zero-order valence-electron chi connectivity index (χ0n) is 18.7. The highest BCUT2D eigenvalue weighted by atomic mass is 16.5. The number of methoxy groups -OCH3 is 1. The molecule has 1 saturated heterocycles. The fourth-order valence-corrected chi connectivity index (χ4v) is 4.15. The first-order valence-electron chi connectivity index (χ1n) is 11.2. The molecule has 0 spiro atoms. The van der Waals surface area contributed by atoms with Crippen molar-refractivity contribution < 1.29 is 9.53 Å². The molecule has 8 heteroatoms. The lowest BCUT2D eigenvalue weighted by atomic mass is 10.1. The number of likely N-dealkylation sites (tertiary alicyclic amines) is 1. The van der Waals surface area contributed by atoms with Crippen molar-refractivity contribution in [3.8, 4) is 17.0 Å². The summed E-state index contributed by atoms with van der Waals surface area (Å²) in [6.45, 7) is 2.84. The van der Waals surface area contributed by atoms with Crippen LogP contribution in [0.5, 0.6) is 5.88 Å². The van der Waals surface area contributed by atoms with E-state index in [0.717, 1.165) is 24.1 Å². The highest BCUT2D eigenvalue weighted by Gasteiger charge is 2.34. The Morgan fingerprint density at radius 2 is 2.19 bits per heavy atom. The summed E-state index contributed by atoms with van der Waals surface area (Å²) in [6, 6.07) is 5.84. The fraction of sp³-hybridized carbons (Fsp3) is 0.458. The number of rotatable bonds is 9. The summed E-state index contributed by atoms with van der Waals surface area (Å²) >= 11 is 0. The Morgan fingerprint density at radius 1 is 1.34 bits per heavy atom. The van der Waals surface area contributed by atoms with E-state index in [0.29, 0.717) is 37.1 Å². The molecule has 4 rings (SSSR count). The first-order chi connectivity index (χ1) is 15.6. The molecule has 8 nitrogen and oxygen atoms in total. The number of ether oxygens (including phenoxy) is 1. The van der Waals surface area contributed by atoms with Crippen molar-refractivity contribution >= 4 is 11.6 Å². The van der Waals surface area contributed by atoms with Gasteiger partial charge in [0, 0.05) is 62.3 Å². The summed E-state index contributed by atoms with van der Waals surface area (Å²) in [5.74, 6) is 1.17. The van der Waals surface area contributed by atoms with E-state index in [-0.39, 0.29) is 17.5 Å². The summed E-state index contributed by atoms with van der Waals surface area (Å²) in [4.78, 5) is 36.6. The molecule has 1 unspecified atom stereocenters. The Labute approximate surface area is 188 Å². The number of amides is 1. The smallest absolute Gasteiger partial charge is 0.271 e. The number of hydrogen-bond acceptors (Lipinski definition) is 6. The van der Waals surface area contributed by atoms with E-state index in [4.69, 9.17) is 4.74 Å². The number of pyridine rings is 2. The summed E-state index contributed by atoms with van der Waals surface area (Å²) in [5, 5.41) is 3.01. The van der Waals surface area contributed by atoms with E-state index in [1.165, 1.54) is 12.8 Å². The largest absolute Gasteiger partial charge is 0.481 e. The molecule has 2 aromatic heterocycles. The lowest BCUT2D eigenvalue weighted by Gasteiger charge is -2.31. The Bertz CT molecular complexity index is 1030. The van der Waals surface area contributed by atoms with Crippen LogP contribution in [0.3, 0.4) is 0 Å². The zero-order chi connectivity index (χ0) is 22.5. The Hall–Kier alpha value is -3.13. The van der Waals surface area contributed by atoms with E-state index < -0.39 is 0 Å². The van der Waals surface area contributed by atoms with Crippen LogP contribution in [0.15, 0.2) is 47.5 Å². The molecule has 3 heterocycles. The quantitative estimate of drug-likeness (QED) is 0.584. The van der Waals surface area contributed by atoms with Crippen LogP contribution >= 0.6 is 0 Å². The predicted molar refractivity (Wildman–Crippen MR) is 125 cm³/mol. The molecule has 2 fully saturated rings. The molecule has 32 heavy (non-hydrogen) atoms. The second-order valence-electron chi connectivity index (χ2n) is 8.47. The van der Waals surface area contributed by atoms with Crippen molar-refractivity contribution in [2.75, 3.05) is 45.2 Å². The van der Waals surface area contributed by atoms with E-state index >= 15 is 0 Å². The van der Waals surface area contributed by atoms with Gasteiger partial charge in [0.1, 0.15) is 5.69 Å². The third-order valence-electron chi connectivity index (χ3n) is 6.12. The molecule has 1 aliphatic heterocycles. The lowest BCUT2D eigenvalue weighted by molar-refractivity contribution is -0.125. The van der Waals surface area contributed by atoms with Crippen molar-refractivity contribution in [2.45, 2.75) is 25.3 Å². The molecule has 0 aromatic carbocycles. The van der Waals surface area contributed by atoms with Crippen molar-refractivity contribution in [2.24, 2.45) is 5.92 Å². The van der Waals surface area contributed by atoms with Gasteiger partial charge in [-0.25, -0.2) is 4.98 Å². The van der Waals surface area contributed by atoms with Crippen LogP contribution < -0.4 is 20.5 Å². The van der Waals surface area contributed by atoms with E-state index in [2.05, 4.69) is 20.2 Å². The molecule has 2 N–H and O–H groups in total. The third-order valence-corrected chi connectivity index (χ3v) is 6.12. The SMILES string of the molecule is CNCC=CC(=O)N1CCC(N(CC2CC2)c2cc(-c3ccnc(OC)c3)c[nH]c2=O)C1. The number of carbonyl (C=O) groups is 1. The number of nitrogens with zero attached hydrogens (tertiary/aromatic N) is 3. The summed E-state index contributed by atoms with van der Waals surface area (Å²) in [5.41, 5.74) is 2.39. The van der Waals surface area contributed by atoms with Gasteiger partial charge in [0.2, 0.25) is 11.8 Å². The van der Waals surface area contributed by atoms with Crippen LogP contribution in [0.25, 0.3) is 11.1 Å². The van der Waals surface area contributed by atoms with Crippen LogP contribution in [-0.4, -0.2) is 67.2 Å². The summed E-state index contributed by atoms with van der Waals surface area (Å²) in [6.07, 6.45) is 10.1. The number of aromatic amines is 1. The predicted octanol–water partition coefficient (Wildman–Crippen LogP) is 2.04. The van der Waals surface area contributed by atoms with Gasteiger partial charge in [-0.05, 0) is 49.9 Å². The number of nitrogens with one attached hydrogen (secondary N) is 2. The minimum Gasteiger partial charge on any atom is -0.481 e. The van der Waals surface area contributed by atoms with Gasteiger partial charge in [-0.2, -0.15) is 0 Å². The molecule has 2 aromatic rings. The monoisotopic (exact) mass is 437 g/mol. The van der Waals surface area contributed by atoms with Crippen molar-refractivity contribution in [3.05, 3.63) is 53.1 Å². The first-order valence-corrected chi connectivity index (χ1v) is 11.2. The minimum atomic E-state index is -0.103. The van der Waals surface area contributed by atoms with Crippen LogP contribution in [-0.2, 0) is 4.79 Å². The van der Waals surface area contributed by atoms with Gasteiger partial charge in [0.05, 0.1) is 7.11 Å². The number of H-pyrrole nitrogens is 1. The Morgan fingerprint density at radius 3 is 2.94 bits per heavy atom. The van der Waals surface area contributed by atoms with Gasteiger partial charge in [0.25, 0.3) is 5.56 Å². The third kappa shape index (κ3) is 5.19. The highest BCUT2D eigenvalue weighted by molar-refractivity contribution is 5.88. The maximum Gasteiger partial charge on any atom is 0.271 e.